The molecule has 0 aromatic carbocycles. The number of rotatable bonds is 70. The molecule has 0 heterocycles. The molecular formula is C73H142O17P2. The molecule has 3 N–H and O–H groups in total. The Morgan fingerprint density at radius 2 is 0.522 bits per heavy atom. The number of aliphatic hydroxyl groups excluding tert-OH is 1. The van der Waals surface area contributed by atoms with Crippen LogP contribution in [-0.2, 0) is 65.4 Å². The van der Waals surface area contributed by atoms with Crippen molar-refractivity contribution >= 4 is 39.5 Å². The number of phosphoric acid groups is 2. The summed E-state index contributed by atoms with van der Waals surface area (Å²) in [5.41, 5.74) is 0. The lowest BCUT2D eigenvalue weighted by atomic mass is 9.99. The van der Waals surface area contributed by atoms with Crippen molar-refractivity contribution < 1.29 is 80.2 Å². The number of unbranched alkanes of at least 4 members (excludes halogenated alkanes) is 34. The standard InChI is InChI=1S/C73H142O17P2/c1-9-65(7)51-43-35-26-22-19-20-24-28-39-47-55-72(77)89-68(60-84-71(76)54-46-38-31-29-34-42-50-64(5)6)61-87-91(79,80)85-57-67(74)58-86-92(81,82)88-62-69(90-73(78)56-48-40-32-30-36-44-52-66(8)10-2)59-83-70(75)53-45-37-27-23-18-16-14-12-11-13-15-17-21-25-33-41-49-63(3)4/h63-69,74H,9-62H2,1-8H3,(H,79,80)(H,81,82)/t65?,66?,67-,68+,69+/m0/s1. The molecule has 0 radical (unpaired) electrons. The minimum atomic E-state index is -4.95. The van der Waals surface area contributed by atoms with E-state index in [0.717, 1.165) is 114 Å². The van der Waals surface area contributed by atoms with Gasteiger partial charge in [-0.25, -0.2) is 9.13 Å². The average molecular weight is 1350 g/mol. The highest BCUT2D eigenvalue weighted by atomic mass is 31.2. The number of hydrogen-bond acceptors (Lipinski definition) is 15. The zero-order chi connectivity index (χ0) is 68.2. The summed E-state index contributed by atoms with van der Waals surface area (Å²) in [7, 11) is -9.91. The van der Waals surface area contributed by atoms with Crippen LogP contribution in [0.4, 0.5) is 0 Å². The first kappa shape index (κ1) is 90.1. The molecule has 0 bridgehead atoms. The molecule has 0 spiro atoms. The van der Waals surface area contributed by atoms with Crippen LogP contribution < -0.4 is 0 Å². The Bertz CT molecular complexity index is 1820. The Hall–Kier alpha value is -1.94. The zero-order valence-corrected chi connectivity index (χ0v) is 62.0. The summed E-state index contributed by atoms with van der Waals surface area (Å²) < 4.78 is 68.3. The Morgan fingerprint density at radius 1 is 0.304 bits per heavy atom. The first-order chi connectivity index (χ1) is 44.2. The third-order valence-corrected chi connectivity index (χ3v) is 19.4. The van der Waals surface area contributed by atoms with Gasteiger partial charge < -0.3 is 33.8 Å². The van der Waals surface area contributed by atoms with Crippen molar-refractivity contribution in [2.75, 3.05) is 39.6 Å². The topological polar surface area (TPSA) is 237 Å². The summed E-state index contributed by atoms with van der Waals surface area (Å²) in [5, 5.41) is 10.6. The number of carbonyl (C=O) groups is 4. The van der Waals surface area contributed by atoms with Crippen LogP contribution in [0.2, 0.25) is 0 Å². The lowest BCUT2D eigenvalue weighted by molar-refractivity contribution is -0.161. The maximum Gasteiger partial charge on any atom is 0.472 e. The number of ether oxygens (including phenoxy) is 4. The van der Waals surface area contributed by atoms with Crippen LogP contribution >= 0.6 is 15.6 Å². The van der Waals surface area contributed by atoms with Crippen LogP contribution in [0.25, 0.3) is 0 Å². The van der Waals surface area contributed by atoms with Crippen molar-refractivity contribution in [1.82, 2.24) is 0 Å². The predicted octanol–water partition coefficient (Wildman–Crippen LogP) is 20.9. The molecule has 0 saturated heterocycles. The van der Waals surface area contributed by atoms with E-state index in [2.05, 4.69) is 55.4 Å². The predicted molar refractivity (Wildman–Crippen MR) is 372 cm³/mol. The molecule has 0 rings (SSSR count). The van der Waals surface area contributed by atoms with Gasteiger partial charge in [0.15, 0.2) is 12.2 Å². The highest BCUT2D eigenvalue weighted by molar-refractivity contribution is 7.47. The molecule has 0 fully saturated rings. The maximum absolute atomic E-state index is 13.0. The Balaban J connectivity index is 5.17. The molecule has 0 amide bonds. The van der Waals surface area contributed by atoms with Gasteiger partial charge in [0, 0.05) is 25.7 Å². The molecule has 17 nitrogen and oxygen atoms in total. The molecule has 0 aliphatic heterocycles. The fourth-order valence-electron chi connectivity index (χ4n) is 11.0. The summed E-state index contributed by atoms with van der Waals surface area (Å²) in [4.78, 5) is 72.6. The van der Waals surface area contributed by atoms with Crippen molar-refractivity contribution in [2.24, 2.45) is 23.7 Å². The van der Waals surface area contributed by atoms with Crippen molar-refractivity contribution in [2.45, 2.75) is 382 Å². The molecular weight excluding hydrogens is 1210 g/mol. The molecule has 92 heavy (non-hydrogen) atoms. The minimum Gasteiger partial charge on any atom is -0.462 e. The number of hydrogen-bond donors (Lipinski definition) is 3. The van der Waals surface area contributed by atoms with Gasteiger partial charge >= 0.3 is 39.5 Å². The first-order valence-corrected chi connectivity index (χ1v) is 40.8. The summed E-state index contributed by atoms with van der Waals surface area (Å²) in [5.74, 6) is 0.885. The van der Waals surface area contributed by atoms with Gasteiger partial charge in [0.05, 0.1) is 26.4 Å². The number of carbonyl (C=O) groups excluding carboxylic acids is 4. The van der Waals surface area contributed by atoms with Crippen molar-refractivity contribution in [3.05, 3.63) is 0 Å². The van der Waals surface area contributed by atoms with Crippen LogP contribution in [0.15, 0.2) is 0 Å². The van der Waals surface area contributed by atoms with E-state index in [-0.39, 0.29) is 25.7 Å². The van der Waals surface area contributed by atoms with Gasteiger partial charge in [0.2, 0.25) is 0 Å². The second-order valence-corrected chi connectivity index (χ2v) is 30.7. The van der Waals surface area contributed by atoms with Crippen LogP contribution in [0.1, 0.15) is 364 Å². The lowest BCUT2D eigenvalue weighted by Crippen LogP contribution is -2.30. The first-order valence-electron chi connectivity index (χ1n) is 37.8. The van der Waals surface area contributed by atoms with E-state index in [1.165, 1.54) is 161 Å². The largest absolute Gasteiger partial charge is 0.472 e. The number of phosphoric ester groups is 2. The molecule has 0 aromatic heterocycles. The van der Waals surface area contributed by atoms with Gasteiger partial charge in [0.1, 0.15) is 19.3 Å². The minimum absolute atomic E-state index is 0.103. The van der Waals surface area contributed by atoms with Crippen LogP contribution in [-0.4, -0.2) is 96.7 Å². The maximum atomic E-state index is 13.0. The van der Waals surface area contributed by atoms with E-state index in [4.69, 9.17) is 37.0 Å². The molecule has 19 heteroatoms. The number of esters is 4. The van der Waals surface area contributed by atoms with E-state index < -0.39 is 97.5 Å². The lowest BCUT2D eigenvalue weighted by Gasteiger charge is -2.21. The Kier molecular flexibility index (Phi) is 61.3. The van der Waals surface area contributed by atoms with Crippen LogP contribution in [0, 0.1) is 23.7 Å². The summed E-state index contributed by atoms with van der Waals surface area (Å²) in [6.45, 7) is 14.1. The zero-order valence-electron chi connectivity index (χ0n) is 60.2. The van der Waals surface area contributed by atoms with E-state index in [1.54, 1.807) is 0 Å². The third-order valence-electron chi connectivity index (χ3n) is 17.5. The fourth-order valence-corrected chi connectivity index (χ4v) is 12.5. The molecule has 546 valence electrons. The van der Waals surface area contributed by atoms with Gasteiger partial charge in [0.25, 0.3) is 0 Å². The van der Waals surface area contributed by atoms with Crippen LogP contribution in [0.5, 0.6) is 0 Å². The van der Waals surface area contributed by atoms with E-state index >= 15 is 0 Å². The molecule has 0 saturated carbocycles. The second kappa shape index (κ2) is 62.6. The Morgan fingerprint density at radius 3 is 0.772 bits per heavy atom. The van der Waals surface area contributed by atoms with E-state index in [1.807, 2.05) is 0 Å². The summed E-state index contributed by atoms with van der Waals surface area (Å²) >= 11 is 0. The molecule has 0 aliphatic rings. The van der Waals surface area contributed by atoms with Crippen molar-refractivity contribution in [3.63, 3.8) is 0 Å². The van der Waals surface area contributed by atoms with Gasteiger partial charge in [-0.15, -0.1) is 0 Å². The quantitative estimate of drug-likeness (QED) is 0.0222. The highest BCUT2D eigenvalue weighted by Crippen LogP contribution is 2.45. The number of aliphatic hydroxyl groups is 1. The smallest absolute Gasteiger partial charge is 0.462 e. The molecule has 7 atom stereocenters. The third kappa shape index (κ3) is 64.1. The van der Waals surface area contributed by atoms with Crippen molar-refractivity contribution in [3.8, 4) is 0 Å². The van der Waals surface area contributed by atoms with Crippen LogP contribution in [0.3, 0.4) is 0 Å². The van der Waals surface area contributed by atoms with Gasteiger partial charge in [-0.1, -0.05) is 312 Å². The SMILES string of the molecule is CCC(C)CCCCCCCCCCCCC(=O)O[C@H](COC(=O)CCCCCCCCC(C)C)COP(=O)(O)OC[C@H](O)COP(=O)(O)OC[C@@H](COC(=O)CCCCCCCCCCCCCCCCCCC(C)C)OC(=O)CCCCCCCCC(C)CC. The molecule has 0 aromatic rings. The summed E-state index contributed by atoms with van der Waals surface area (Å²) in [6.07, 6.45) is 46.0. The van der Waals surface area contributed by atoms with E-state index in [9.17, 15) is 43.2 Å². The van der Waals surface area contributed by atoms with E-state index in [0.29, 0.717) is 31.6 Å². The van der Waals surface area contributed by atoms with Gasteiger partial charge in [-0.2, -0.15) is 0 Å². The summed E-state index contributed by atoms with van der Waals surface area (Å²) in [6, 6.07) is 0. The monoisotopic (exact) mass is 1350 g/mol. The van der Waals surface area contributed by atoms with Gasteiger partial charge in [-0.05, 0) is 49.4 Å². The average Bonchev–Trinajstić information content (AvgIpc) is 3.72. The normalized spacial score (nSPS) is 14.8. The molecule has 4 unspecified atom stereocenters. The van der Waals surface area contributed by atoms with Gasteiger partial charge in [-0.3, -0.25) is 37.3 Å². The fraction of sp³-hybridized carbons (Fsp3) is 0.945. The van der Waals surface area contributed by atoms with Crippen molar-refractivity contribution in [1.29, 1.82) is 0 Å². The Labute approximate surface area is 562 Å². The molecule has 0 aliphatic carbocycles. The second-order valence-electron chi connectivity index (χ2n) is 27.8. The highest BCUT2D eigenvalue weighted by Gasteiger charge is 2.30.